The van der Waals surface area contributed by atoms with Crippen LogP contribution in [0.2, 0.25) is 0 Å². The summed E-state index contributed by atoms with van der Waals surface area (Å²) in [7, 11) is 0. The average Bonchev–Trinajstić information content (AvgIpc) is 3.32. The van der Waals surface area contributed by atoms with Crippen LogP contribution in [0.25, 0.3) is 20.7 Å². The molecule has 136 valence electrons. The van der Waals surface area contributed by atoms with E-state index in [4.69, 9.17) is 0 Å². The Morgan fingerprint density at radius 2 is 2.11 bits per heavy atom. The fourth-order valence-electron chi connectivity index (χ4n) is 2.75. The summed E-state index contributed by atoms with van der Waals surface area (Å²) in [6, 6.07) is 9.90. The monoisotopic (exact) mass is 399 g/mol. The Hall–Kier alpha value is -2.84. The summed E-state index contributed by atoms with van der Waals surface area (Å²) in [6.45, 7) is 0.0523. The van der Waals surface area contributed by atoms with E-state index < -0.39 is 0 Å². The fraction of sp³-hybridized carbons (Fsp3) is 0.105. The lowest BCUT2D eigenvalue weighted by molar-refractivity contribution is -0.121. The third-order valence-electron chi connectivity index (χ3n) is 4.04. The first-order chi connectivity index (χ1) is 13.1. The first-order valence-electron chi connectivity index (χ1n) is 8.13. The maximum absolute atomic E-state index is 13.2. The lowest BCUT2D eigenvalue weighted by atomic mass is 10.2. The standard InChI is InChI=1S/C19H14FN3O2S2/c20-13-4-1-3-12(7-13)8-21-16(24)9-23-11-22-18-17(19(23)25)14(10-27-18)15-5-2-6-26-15/h1-7,10-11H,8-9H2,(H,21,24). The van der Waals surface area contributed by atoms with Gasteiger partial charge in [0.25, 0.3) is 5.56 Å². The number of rotatable bonds is 5. The van der Waals surface area contributed by atoms with Crippen LogP contribution in [0.5, 0.6) is 0 Å². The van der Waals surface area contributed by atoms with E-state index in [-0.39, 0.29) is 30.4 Å². The molecule has 0 saturated carbocycles. The Morgan fingerprint density at radius 3 is 2.89 bits per heavy atom. The molecule has 0 spiro atoms. The Balaban J connectivity index is 1.55. The van der Waals surface area contributed by atoms with Gasteiger partial charge in [-0.15, -0.1) is 22.7 Å². The summed E-state index contributed by atoms with van der Waals surface area (Å²) in [6.07, 6.45) is 1.39. The van der Waals surface area contributed by atoms with E-state index in [9.17, 15) is 14.0 Å². The molecule has 8 heteroatoms. The number of carbonyl (C=O) groups is 1. The van der Waals surface area contributed by atoms with E-state index in [0.29, 0.717) is 15.8 Å². The summed E-state index contributed by atoms with van der Waals surface area (Å²) >= 11 is 2.96. The molecule has 1 N–H and O–H groups in total. The minimum absolute atomic E-state index is 0.142. The molecule has 0 unspecified atom stereocenters. The van der Waals surface area contributed by atoms with Crippen molar-refractivity contribution >= 4 is 38.8 Å². The summed E-state index contributed by atoms with van der Waals surface area (Å²) < 4.78 is 14.5. The minimum atomic E-state index is -0.355. The third kappa shape index (κ3) is 3.67. The van der Waals surface area contributed by atoms with Crippen LogP contribution in [0, 0.1) is 5.82 Å². The number of thiophene rings is 2. The third-order valence-corrected chi connectivity index (χ3v) is 5.83. The number of hydrogen-bond donors (Lipinski definition) is 1. The van der Waals surface area contributed by atoms with Crippen LogP contribution in [-0.4, -0.2) is 15.5 Å². The highest BCUT2D eigenvalue weighted by Crippen LogP contribution is 2.33. The van der Waals surface area contributed by atoms with Gasteiger partial charge in [-0.05, 0) is 29.1 Å². The highest BCUT2D eigenvalue weighted by atomic mass is 32.1. The van der Waals surface area contributed by atoms with Crippen molar-refractivity contribution < 1.29 is 9.18 Å². The molecule has 0 bridgehead atoms. The second-order valence-corrected chi connectivity index (χ2v) is 7.70. The summed E-state index contributed by atoms with van der Waals surface area (Å²) in [5.41, 5.74) is 1.25. The average molecular weight is 399 g/mol. The molecule has 3 heterocycles. The number of aromatic nitrogens is 2. The summed E-state index contributed by atoms with van der Waals surface area (Å²) in [4.78, 5) is 31.0. The second-order valence-electron chi connectivity index (χ2n) is 5.89. The van der Waals surface area contributed by atoms with Gasteiger partial charge in [0.15, 0.2) is 0 Å². The topological polar surface area (TPSA) is 64.0 Å². The molecule has 4 aromatic rings. The van der Waals surface area contributed by atoms with E-state index in [1.807, 2.05) is 22.9 Å². The Kier molecular flexibility index (Phi) is 4.83. The van der Waals surface area contributed by atoms with Gasteiger partial charge in [-0.2, -0.15) is 0 Å². The van der Waals surface area contributed by atoms with Crippen molar-refractivity contribution in [2.75, 3.05) is 0 Å². The number of carbonyl (C=O) groups excluding carboxylic acids is 1. The predicted molar refractivity (Wildman–Crippen MR) is 105 cm³/mol. The fourth-order valence-corrected chi connectivity index (χ4v) is 4.47. The van der Waals surface area contributed by atoms with Crippen molar-refractivity contribution in [1.29, 1.82) is 0 Å². The normalized spacial score (nSPS) is 11.0. The van der Waals surface area contributed by atoms with Gasteiger partial charge >= 0.3 is 0 Å². The molecule has 27 heavy (non-hydrogen) atoms. The molecule has 1 aromatic carbocycles. The number of fused-ring (bicyclic) bond motifs is 1. The molecule has 0 aliphatic carbocycles. The quantitative estimate of drug-likeness (QED) is 0.557. The van der Waals surface area contributed by atoms with Crippen LogP contribution in [0.3, 0.4) is 0 Å². The SMILES string of the molecule is O=C(Cn1cnc2scc(-c3cccs3)c2c1=O)NCc1cccc(F)c1. The van der Waals surface area contributed by atoms with Gasteiger partial charge in [-0.3, -0.25) is 14.2 Å². The van der Waals surface area contributed by atoms with Crippen molar-refractivity contribution in [3.63, 3.8) is 0 Å². The number of nitrogens with zero attached hydrogens (tertiary/aromatic N) is 2. The Morgan fingerprint density at radius 1 is 1.22 bits per heavy atom. The van der Waals surface area contributed by atoms with E-state index in [0.717, 1.165) is 10.4 Å². The van der Waals surface area contributed by atoms with Crippen LogP contribution in [0.15, 0.2) is 58.3 Å². The molecule has 1 amide bonds. The van der Waals surface area contributed by atoms with E-state index in [1.54, 1.807) is 23.5 Å². The molecule has 0 radical (unpaired) electrons. The van der Waals surface area contributed by atoms with E-state index in [1.165, 1.54) is 34.4 Å². The van der Waals surface area contributed by atoms with Crippen LogP contribution >= 0.6 is 22.7 Å². The summed E-state index contributed by atoms with van der Waals surface area (Å²) in [5.74, 6) is -0.693. The highest BCUT2D eigenvalue weighted by Gasteiger charge is 2.15. The van der Waals surface area contributed by atoms with Gasteiger partial charge < -0.3 is 5.32 Å². The maximum Gasteiger partial charge on any atom is 0.263 e. The van der Waals surface area contributed by atoms with Crippen molar-refractivity contribution in [1.82, 2.24) is 14.9 Å². The Labute approximate surface area is 161 Å². The van der Waals surface area contributed by atoms with Crippen molar-refractivity contribution in [3.8, 4) is 10.4 Å². The van der Waals surface area contributed by atoms with Crippen LogP contribution < -0.4 is 10.9 Å². The van der Waals surface area contributed by atoms with E-state index >= 15 is 0 Å². The molecule has 0 atom stereocenters. The van der Waals surface area contributed by atoms with Crippen LogP contribution in [-0.2, 0) is 17.9 Å². The molecule has 0 aliphatic heterocycles. The van der Waals surface area contributed by atoms with Crippen molar-refractivity contribution in [2.24, 2.45) is 0 Å². The maximum atomic E-state index is 13.2. The molecule has 0 saturated heterocycles. The van der Waals surface area contributed by atoms with Crippen LogP contribution in [0.4, 0.5) is 4.39 Å². The van der Waals surface area contributed by atoms with Gasteiger partial charge in [0.1, 0.15) is 17.2 Å². The lowest BCUT2D eigenvalue weighted by Gasteiger charge is -2.08. The smallest absolute Gasteiger partial charge is 0.263 e. The largest absolute Gasteiger partial charge is 0.350 e. The molecule has 5 nitrogen and oxygen atoms in total. The molecular formula is C19H14FN3O2S2. The second kappa shape index (κ2) is 7.42. The molecule has 4 rings (SSSR count). The number of halogens is 1. The first kappa shape index (κ1) is 17.6. The highest BCUT2D eigenvalue weighted by molar-refractivity contribution is 7.18. The zero-order chi connectivity index (χ0) is 18.8. The van der Waals surface area contributed by atoms with Gasteiger partial charge in [-0.1, -0.05) is 18.2 Å². The van der Waals surface area contributed by atoms with Gasteiger partial charge in [0.2, 0.25) is 5.91 Å². The number of amides is 1. The Bertz CT molecular complexity index is 1170. The van der Waals surface area contributed by atoms with E-state index in [2.05, 4.69) is 10.3 Å². The zero-order valence-corrected chi connectivity index (χ0v) is 15.6. The van der Waals surface area contributed by atoms with Gasteiger partial charge in [0.05, 0.1) is 11.7 Å². The van der Waals surface area contributed by atoms with Crippen LogP contribution in [0.1, 0.15) is 5.56 Å². The summed E-state index contributed by atoms with van der Waals surface area (Å²) in [5, 5.41) is 7.10. The van der Waals surface area contributed by atoms with Crippen molar-refractivity contribution in [2.45, 2.75) is 13.1 Å². The zero-order valence-electron chi connectivity index (χ0n) is 14.0. The predicted octanol–water partition coefficient (Wildman–Crippen LogP) is 3.64. The lowest BCUT2D eigenvalue weighted by Crippen LogP contribution is -2.32. The number of benzene rings is 1. The van der Waals surface area contributed by atoms with Gasteiger partial charge in [0, 0.05) is 22.4 Å². The number of hydrogen-bond acceptors (Lipinski definition) is 5. The molecular weight excluding hydrogens is 385 g/mol. The molecule has 0 aliphatic rings. The van der Waals surface area contributed by atoms with Crippen molar-refractivity contribution in [3.05, 3.63) is 75.2 Å². The minimum Gasteiger partial charge on any atom is -0.350 e. The first-order valence-corrected chi connectivity index (χ1v) is 9.89. The molecule has 3 aromatic heterocycles. The number of nitrogens with one attached hydrogen (secondary N) is 1. The molecule has 0 fully saturated rings. The van der Waals surface area contributed by atoms with Gasteiger partial charge in [-0.25, -0.2) is 9.37 Å².